The summed E-state index contributed by atoms with van der Waals surface area (Å²) in [6.45, 7) is 2.13. The predicted molar refractivity (Wildman–Crippen MR) is 41.8 cm³/mol. The van der Waals surface area contributed by atoms with Gasteiger partial charge in [0.05, 0.1) is 0 Å². The van der Waals surface area contributed by atoms with Crippen molar-refractivity contribution < 1.29 is 4.79 Å². The monoisotopic (exact) mass is 136 g/mol. The molecule has 1 nitrogen and oxygen atoms in total. The Morgan fingerprint density at radius 1 is 1.70 bits per heavy atom. The van der Waals surface area contributed by atoms with Crippen LogP contribution in [0.15, 0.2) is 23.3 Å². The molecule has 1 aliphatic rings. The first kappa shape index (κ1) is 7.26. The van der Waals surface area contributed by atoms with E-state index in [1.165, 1.54) is 5.57 Å². The SMILES string of the molecule is CCCC1=C(C=O)C=CC1. The van der Waals surface area contributed by atoms with Crippen molar-refractivity contribution >= 4 is 6.29 Å². The van der Waals surface area contributed by atoms with Crippen LogP contribution in [0.2, 0.25) is 0 Å². The van der Waals surface area contributed by atoms with Crippen LogP contribution >= 0.6 is 0 Å². The van der Waals surface area contributed by atoms with Gasteiger partial charge in [0.1, 0.15) is 6.29 Å². The number of carbonyl (C=O) groups excluding carboxylic acids is 1. The van der Waals surface area contributed by atoms with Crippen LogP contribution in [0.3, 0.4) is 0 Å². The summed E-state index contributed by atoms with van der Waals surface area (Å²) in [6, 6.07) is 0. The Kier molecular flexibility index (Phi) is 2.43. The second-order valence-corrected chi connectivity index (χ2v) is 2.53. The molecule has 0 radical (unpaired) electrons. The summed E-state index contributed by atoms with van der Waals surface area (Å²) in [5.74, 6) is 0. The molecule has 0 fully saturated rings. The molecule has 0 amide bonds. The summed E-state index contributed by atoms with van der Waals surface area (Å²) >= 11 is 0. The molecule has 0 atom stereocenters. The quantitative estimate of drug-likeness (QED) is 0.544. The van der Waals surface area contributed by atoms with Crippen molar-refractivity contribution in [2.24, 2.45) is 0 Å². The molecule has 0 unspecified atom stereocenters. The van der Waals surface area contributed by atoms with E-state index in [1.54, 1.807) is 0 Å². The van der Waals surface area contributed by atoms with Gasteiger partial charge in [0, 0.05) is 5.57 Å². The first-order valence-corrected chi connectivity index (χ1v) is 3.72. The van der Waals surface area contributed by atoms with Gasteiger partial charge in [-0.1, -0.05) is 31.1 Å². The van der Waals surface area contributed by atoms with Crippen LogP contribution in [0, 0.1) is 0 Å². The van der Waals surface area contributed by atoms with Crippen LogP contribution in [-0.2, 0) is 4.79 Å². The molecule has 0 aromatic carbocycles. The molecule has 0 aromatic heterocycles. The summed E-state index contributed by atoms with van der Waals surface area (Å²) in [6.07, 6.45) is 8.11. The molecule has 1 heteroatoms. The summed E-state index contributed by atoms with van der Waals surface area (Å²) in [7, 11) is 0. The Bertz CT molecular complexity index is 187. The minimum atomic E-state index is 0.904. The Balaban J connectivity index is 2.65. The molecule has 0 aromatic rings. The second-order valence-electron chi connectivity index (χ2n) is 2.53. The van der Waals surface area contributed by atoms with E-state index in [4.69, 9.17) is 0 Å². The van der Waals surface area contributed by atoms with Crippen molar-refractivity contribution in [1.82, 2.24) is 0 Å². The van der Waals surface area contributed by atoms with Crippen LogP contribution < -0.4 is 0 Å². The van der Waals surface area contributed by atoms with Gasteiger partial charge < -0.3 is 0 Å². The van der Waals surface area contributed by atoms with Crippen LogP contribution in [0.4, 0.5) is 0 Å². The van der Waals surface area contributed by atoms with E-state index < -0.39 is 0 Å². The third-order valence-electron chi connectivity index (χ3n) is 1.75. The fourth-order valence-electron chi connectivity index (χ4n) is 1.23. The highest BCUT2D eigenvalue weighted by Gasteiger charge is 2.05. The van der Waals surface area contributed by atoms with Crippen LogP contribution in [0.25, 0.3) is 0 Å². The van der Waals surface area contributed by atoms with E-state index >= 15 is 0 Å². The van der Waals surface area contributed by atoms with Crippen molar-refractivity contribution in [3.63, 3.8) is 0 Å². The zero-order chi connectivity index (χ0) is 7.40. The highest BCUT2D eigenvalue weighted by atomic mass is 16.1. The third kappa shape index (κ3) is 1.35. The van der Waals surface area contributed by atoms with Gasteiger partial charge >= 0.3 is 0 Å². The van der Waals surface area contributed by atoms with E-state index in [1.807, 2.05) is 6.08 Å². The molecule has 0 saturated carbocycles. The number of aldehydes is 1. The van der Waals surface area contributed by atoms with Crippen molar-refractivity contribution in [1.29, 1.82) is 0 Å². The van der Waals surface area contributed by atoms with E-state index in [9.17, 15) is 4.79 Å². The lowest BCUT2D eigenvalue weighted by Crippen LogP contribution is -1.84. The van der Waals surface area contributed by atoms with Crippen molar-refractivity contribution in [2.75, 3.05) is 0 Å². The highest BCUT2D eigenvalue weighted by Crippen LogP contribution is 2.21. The minimum absolute atomic E-state index is 0.904. The second kappa shape index (κ2) is 3.35. The lowest BCUT2D eigenvalue weighted by atomic mass is 10.1. The average Bonchev–Trinajstić information content (AvgIpc) is 2.36. The summed E-state index contributed by atoms with van der Waals surface area (Å²) < 4.78 is 0. The first-order chi connectivity index (χ1) is 4.88. The Labute approximate surface area is 61.4 Å². The predicted octanol–water partition coefficient (Wildman–Crippen LogP) is 2.24. The van der Waals surface area contributed by atoms with E-state index in [0.717, 1.165) is 31.1 Å². The number of hydrogen-bond acceptors (Lipinski definition) is 1. The third-order valence-corrected chi connectivity index (χ3v) is 1.75. The number of hydrogen-bond donors (Lipinski definition) is 0. The zero-order valence-corrected chi connectivity index (χ0v) is 6.26. The van der Waals surface area contributed by atoms with E-state index in [0.29, 0.717) is 0 Å². The average molecular weight is 136 g/mol. The molecular formula is C9H12O. The maximum absolute atomic E-state index is 10.4. The van der Waals surface area contributed by atoms with Gasteiger partial charge in [-0.05, 0) is 12.8 Å². The van der Waals surface area contributed by atoms with Crippen molar-refractivity contribution in [2.45, 2.75) is 26.2 Å². The van der Waals surface area contributed by atoms with E-state index in [-0.39, 0.29) is 0 Å². The Hall–Kier alpha value is -0.850. The fraction of sp³-hybridized carbons (Fsp3) is 0.444. The van der Waals surface area contributed by atoms with Crippen molar-refractivity contribution in [3.05, 3.63) is 23.3 Å². The molecular weight excluding hydrogens is 124 g/mol. The fourth-order valence-corrected chi connectivity index (χ4v) is 1.23. The molecule has 1 rings (SSSR count). The molecule has 0 N–H and O–H groups in total. The van der Waals surface area contributed by atoms with Gasteiger partial charge in [-0.2, -0.15) is 0 Å². The lowest BCUT2D eigenvalue weighted by molar-refractivity contribution is -0.104. The van der Waals surface area contributed by atoms with Crippen LogP contribution in [-0.4, -0.2) is 6.29 Å². The molecule has 0 bridgehead atoms. The van der Waals surface area contributed by atoms with Crippen LogP contribution in [0.5, 0.6) is 0 Å². The Morgan fingerprint density at radius 3 is 3.10 bits per heavy atom. The summed E-state index contributed by atoms with van der Waals surface area (Å²) in [5, 5.41) is 0. The molecule has 10 heavy (non-hydrogen) atoms. The lowest BCUT2D eigenvalue weighted by Gasteiger charge is -1.97. The topological polar surface area (TPSA) is 17.1 Å². The zero-order valence-electron chi connectivity index (χ0n) is 6.26. The summed E-state index contributed by atoms with van der Waals surface area (Å²) in [4.78, 5) is 10.4. The number of allylic oxidation sites excluding steroid dienone is 4. The summed E-state index contributed by atoms with van der Waals surface area (Å²) in [5.41, 5.74) is 2.21. The highest BCUT2D eigenvalue weighted by molar-refractivity contribution is 5.80. The van der Waals surface area contributed by atoms with E-state index in [2.05, 4.69) is 13.0 Å². The van der Waals surface area contributed by atoms with Gasteiger partial charge in [-0.3, -0.25) is 4.79 Å². The molecule has 0 heterocycles. The van der Waals surface area contributed by atoms with Gasteiger partial charge in [0.15, 0.2) is 0 Å². The van der Waals surface area contributed by atoms with Gasteiger partial charge in [-0.15, -0.1) is 0 Å². The van der Waals surface area contributed by atoms with Gasteiger partial charge in [0.25, 0.3) is 0 Å². The van der Waals surface area contributed by atoms with Crippen LogP contribution in [0.1, 0.15) is 26.2 Å². The Morgan fingerprint density at radius 2 is 2.50 bits per heavy atom. The minimum Gasteiger partial charge on any atom is -0.298 e. The standard InChI is InChI=1S/C9H12O/c1-2-4-8-5-3-6-9(8)7-10/h3,6-7H,2,4-5H2,1H3. The smallest absolute Gasteiger partial charge is 0.150 e. The molecule has 1 aliphatic carbocycles. The molecule has 0 aliphatic heterocycles. The molecule has 54 valence electrons. The van der Waals surface area contributed by atoms with Gasteiger partial charge in [-0.25, -0.2) is 0 Å². The van der Waals surface area contributed by atoms with Gasteiger partial charge in [0.2, 0.25) is 0 Å². The largest absolute Gasteiger partial charge is 0.298 e. The maximum Gasteiger partial charge on any atom is 0.150 e. The number of carbonyl (C=O) groups is 1. The maximum atomic E-state index is 10.4. The van der Waals surface area contributed by atoms with Crippen molar-refractivity contribution in [3.8, 4) is 0 Å². The normalized spacial score (nSPS) is 16.5. The molecule has 0 saturated heterocycles. The molecule has 0 spiro atoms. The first-order valence-electron chi connectivity index (χ1n) is 3.72. The number of rotatable bonds is 3.